The van der Waals surface area contributed by atoms with Gasteiger partial charge in [-0.15, -0.1) is 0 Å². The predicted molar refractivity (Wildman–Crippen MR) is 101 cm³/mol. The van der Waals surface area contributed by atoms with Crippen molar-refractivity contribution in [2.24, 2.45) is 0 Å². The molecule has 7 heteroatoms. The minimum atomic E-state index is -0.620. The first-order chi connectivity index (χ1) is 11.9. The number of rotatable bonds is 4. The van der Waals surface area contributed by atoms with Crippen LogP contribution in [-0.4, -0.2) is 32.1 Å². The quantitative estimate of drug-likeness (QED) is 0.567. The van der Waals surface area contributed by atoms with Crippen molar-refractivity contribution in [3.05, 3.63) is 62.2 Å². The first kappa shape index (κ1) is 18.9. The summed E-state index contributed by atoms with van der Waals surface area (Å²) in [6.45, 7) is 1.93. The molecule has 0 saturated heterocycles. The van der Waals surface area contributed by atoms with Crippen LogP contribution in [0.2, 0.25) is 0 Å². The lowest BCUT2D eigenvalue weighted by Gasteiger charge is -2.12. The zero-order chi connectivity index (χ0) is 18.6. The molecule has 0 aliphatic carbocycles. The zero-order valence-electron chi connectivity index (χ0n) is 13.9. The number of hydrogen-bond donors (Lipinski definition) is 1. The molecule has 0 aliphatic heterocycles. The van der Waals surface area contributed by atoms with E-state index in [1.165, 1.54) is 32.4 Å². The smallest absolute Gasteiger partial charge is 0.339 e. The van der Waals surface area contributed by atoms with Gasteiger partial charge in [-0.3, -0.25) is 4.79 Å². The zero-order valence-corrected chi connectivity index (χ0v) is 16.0. The fourth-order valence-electron chi connectivity index (χ4n) is 2.17. The number of ether oxygens (including phenoxy) is 2. The van der Waals surface area contributed by atoms with Crippen molar-refractivity contribution in [3.63, 3.8) is 0 Å². The number of aryl methyl sites for hydroxylation is 1. The SMILES string of the molecule is COC(=O)c1ccc(C(=O)OC)c(NC(=O)c2ccc(C)cc2I)c1. The molecule has 0 bridgehead atoms. The number of carbonyl (C=O) groups is 3. The van der Waals surface area contributed by atoms with E-state index in [-0.39, 0.29) is 16.8 Å². The van der Waals surface area contributed by atoms with Crippen molar-refractivity contribution in [1.82, 2.24) is 0 Å². The highest BCUT2D eigenvalue weighted by molar-refractivity contribution is 14.1. The second kappa shape index (κ2) is 8.11. The second-order valence-electron chi connectivity index (χ2n) is 5.18. The lowest BCUT2D eigenvalue weighted by atomic mass is 10.1. The van der Waals surface area contributed by atoms with Crippen LogP contribution in [0, 0.1) is 10.5 Å². The maximum Gasteiger partial charge on any atom is 0.339 e. The number of esters is 2. The topological polar surface area (TPSA) is 81.7 Å². The Kier molecular flexibility index (Phi) is 6.13. The fourth-order valence-corrected chi connectivity index (χ4v) is 3.09. The Bertz CT molecular complexity index is 847. The number of methoxy groups -OCH3 is 2. The van der Waals surface area contributed by atoms with E-state index in [1.807, 2.05) is 19.1 Å². The van der Waals surface area contributed by atoms with Gasteiger partial charge in [-0.25, -0.2) is 9.59 Å². The van der Waals surface area contributed by atoms with E-state index >= 15 is 0 Å². The van der Waals surface area contributed by atoms with Crippen LogP contribution in [0.3, 0.4) is 0 Å². The average molecular weight is 453 g/mol. The molecule has 2 aromatic carbocycles. The molecule has 0 aliphatic rings. The van der Waals surface area contributed by atoms with Crippen LogP contribution in [0.25, 0.3) is 0 Å². The molecule has 2 aromatic rings. The van der Waals surface area contributed by atoms with E-state index in [9.17, 15) is 14.4 Å². The van der Waals surface area contributed by atoms with Gasteiger partial charge in [0, 0.05) is 3.57 Å². The van der Waals surface area contributed by atoms with E-state index in [0.29, 0.717) is 5.56 Å². The van der Waals surface area contributed by atoms with E-state index in [1.54, 1.807) is 6.07 Å². The highest BCUT2D eigenvalue weighted by atomic mass is 127. The first-order valence-electron chi connectivity index (χ1n) is 7.25. The summed E-state index contributed by atoms with van der Waals surface area (Å²) >= 11 is 2.07. The largest absolute Gasteiger partial charge is 0.465 e. The molecular formula is C18H16INO5. The summed E-state index contributed by atoms with van der Waals surface area (Å²) in [4.78, 5) is 36.2. The van der Waals surface area contributed by atoms with Crippen LogP contribution in [-0.2, 0) is 9.47 Å². The van der Waals surface area contributed by atoms with E-state index < -0.39 is 17.8 Å². The third-order valence-corrected chi connectivity index (χ3v) is 4.36. The Balaban J connectivity index is 2.42. The van der Waals surface area contributed by atoms with Crippen molar-refractivity contribution in [2.45, 2.75) is 6.92 Å². The van der Waals surface area contributed by atoms with Crippen LogP contribution < -0.4 is 5.32 Å². The highest BCUT2D eigenvalue weighted by Gasteiger charge is 2.19. The number of anilines is 1. The summed E-state index contributed by atoms with van der Waals surface area (Å²) in [6, 6.07) is 9.63. The molecule has 0 aromatic heterocycles. The van der Waals surface area contributed by atoms with Gasteiger partial charge in [-0.2, -0.15) is 0 Å². The first-order valence-corrected chi connectivity index (χ1v) is 8.33. The molecule has 0 unspecified atom stereocenters. The second-order valence-corrected chi connectivity index (χ2v) is 6.34. The lowest BCUT2D eigenvalue weighted by Crippen LogP contribution is -2.17. The third-order valence-electron chi connectivity index (χ3n) is 3.46. The van der Waals surface area contributed by atoms with Crippen LogP contribution >= 0.6 is 22.6 Å². The van der Waals surface area contributed by atoms with E-state index in [0.717, 1.165) is 9.13 Å². The van der Waals surface area contributed by atoms with Crippen LogP contribution in [0.5, 0.6) is 0 Å². The normalized spacial score (nSPS) is 10.1. The van der Waals surface area contributed by atoms with Gasteiger partial charge in [0.05, 0.1) is 36.6 Å². The Hall–Kier alpha value is -2.42. The summed E-state index contributed by atoms with van der Waals surface area (Å²) in [5, 5.41) is 2.67. The molecule has 1 amide bonds. The van der Waals surface area contributed by atoms with Gasteiger partial charge in [0.1, 0.15) is 0 Å². The Morgan fingerprint density at radius 1 is 0.920 bits per heavy atom. The van der Waals surface area contributed by atoms with Gasteiger partial charge in [0.2, 0.25) is 0 Å². The van der Waals surface area contributed by atoms with Crippen molar-refractivity contribution in [1.29, 1.82) is 0 Å². The van der Waals surface area contributed by atoms with Crippen LogP contribution in [0.15, 0.2) is 36.4 Å². The molecule has 25 heavy (non-hydrogen) atoms. The number of amides is 1. The Labute approximate surface area is 158 Å². The van der Waals surface area contributed by atoms with Gasteiger partial charge in [-0.05, 0) is 59.8 Å². The number of carbonyl (C=O) groups excluding carboxylic acids is 3. The molecule has 0 atom stereocenters. The average Bonchev–Trinajstić information content (AvgIpc) is 2.60. The Morgan fingerprint density at radius 2 is 1.56 bits per heavy atom. The predicted octanol–water partition coefficient (Wildman–Crippen LogP) is 3.43. The molecule has 0 saturated carbocycles. The summed E-state index contributed by atoms with van der Waals surface area (Å²) in [5.74, 6) is -1.58. The van der Waals surface area contributed by atoms with E-state index in [4.69, 9.17) is 4.74 Å². The fraction of sp³-hybridized carbons (Fsp3) is 0.167. The van der Waals surface area contributed by atoms with Crippen molar-refractivity contribution in [3.8, 4) is 0 Å². The van der Waals surface area contributed by atoms with Gasteiger partial charge in [0.15, 0.2) is 0 Å². The summed E-state index contributed by atoms with van der Waals surface area (Å²) in [7, 11) is 2.49. The monoisotopic (exact) mass is 453 g/mol. The highest BCUT2D eigenvalue weighted by Crippen LogP contribution is 2.22. The summed E-state index contributed by atoms with van der Waals surface area (Å²) in [6.07, 6.45) is 0. The van der Waals surface area contributed by atoms with Crippen LogP contribution in [0.1, 0.15) is 36.6 Å². The molecule has 1 N–H and O–H groups in total. The number of hydrogen-bond acceptors (Lipinski definition) is 5. The van der Waals surface area contributed by atoms with Crippen molar-refractivity contribution in [2.75, 3.05) is 19.5 Å². The van der Waals surface area contributed by atoms with Gasteiger partial charge in [-0.1, -0.05) is 11.6 Å². The standard InChI is InChI=1S/C18H16INO5/c1-10-4-6-12(14(19)8-10)16(21)20-15-9-11(17(22)24-2)5-7-13(15)18(23)25-3/h4-9H,1-3H3,(H,20,21). The van der Waals surface area contributed by atoms with Crippen molar-refractivity contribution < 1.29 is 23.9 Å². The van der Waals surface area contributed by atoms with Gasteiger partial charge < -0.3 is 14.8 Å². The molecule has 0 heterocycles. The lowest BCUT2D eigenvalue weighted by molar-refractivity contribution is 0.0587. The van der Waals surface area contributed by atoms with Crippen molar-refractivity contribution >= 4 is 46.1 Å². The molecule has 0 radical (unpaired) electrons. The third kappa shape index (κ3) is 4.36. The molecule has 6 nitrogen and oxygen atoms in total. The minimum absolute atomic E-state index is 0.144. The summed E-state index contributed by atoms with van der Waals surface area (Å²) < 4.78 is 10.2. The van der Waals surface area contributed by atoms with E-state index in [2.05, 4.69) is 32.6 Å². The molecule has 130 valence electrons. The molecular weight excluding hydrogens is 437 g/mol. The van der Waals surface area contributed by atoms with Crippen LogP contribution in [0.4, 0.5) is 5.69 Å². The molecule has 2 rings (SSSR count). The summed E-state index contributed by atoms with van der Waals surface area (Å²) in [5.41, 5.74) is 2.03. The number of benzene rings is 2. The van der Waals surface area contributed by atoms with Gasteiger partial charge >= 0.3 is 11.9 Å². The van der Waals surface area contributed by atoms with Gasteiger partial charge in [0.25, 0.3) is 5.91 Å². The number of nitrogens with one attached hydrogen (secondary N) is 1. The Morgan fingerprint density at radius 3 is 2.16 bits per heavy atom. The minimum Gasteiger partial charge on any atom is -0.465 e. The maximum absolute atomic E-state index is 12.6. The molecule has 0 spiro atoms. The molecule has 0 fully saturated rings. The number of halogens is 1. The maximum atomic E-state index is 12.6.